The number of hydrogen-bond donors (Lipinski definition) is 1. The predicted molar refractivity (Wildman–Crippen MR) is 98.5 cm³/mol. The average molecular weight is 400 g/mol. The van der Waals surface area contributed by atoms with Crippen molar-refractivity contribution in [2.24, 2.45) is 0 Å². The van der Waals surface area contributed by atoms with Gasteiger partial charge in [-0.05, 0) is 48.5 Å². The molecule has 0 bridgehead atoms. The van der Waals surface area contributed by atoms with Crippen molar-refractivity contribution in [3.63, 3.8) is 0 Å². The maximum atomic E-state index is 12.6. The molecule has 0 aliphatic carbocycles. The molecule has 0 saturated heterocycles. The normalized spacial score (nSPS) is 10.3. The second-order valence-corrected chi connectivity index (χ2v) is 6.03. The lowest BCUT2D eigenvalue weighted by Gasteiger charge is -2.09. The maximum Gasteiger partial charge on any atom is 0.298 e. The topological polar surface area (TPSA) is 73.2 Å². The lowest BCUT2D eigenvalue weighted by atomic mass is 10.2. The van der Waals surface area contributed by atoms with Crippen molar-refractivity contribution < 1.29 is 9.53 Å². The summed E-state index contributed by atoms with van der Waals surface area (Å²) >= 11 is 3.35. The molecule has 7 heteroatoms. The molecule has 3 rings (SSSR count). The largest absolute Gasteiger partial charge is 0.497 e. The van der Waals surface area contributed by atoms with E-state index in [-0.39, 0.29) is 5.82 Å². The van der Waals surface area contributed by atoms with Crippen molar-refractivity contribution in [3.8, 4) is 11.4 Å². The summed E-state index contributed by atoms with van der Waals surface area (Å²) in [6, 6.07) is 13.8. The van der Waals surface area contributed by atoms with Crippen LogP contribution >= 0.6 is 15.9 Å². The summed E-state index contributed by atoms with van der Waals surface area (Å²) in [5.74, 6) is 0.194. The van der Waals surface area contributed by atoms with Crippen LogP contribution in [0.1, 0.15) is 10.4 Å². The number of nitrogens with one attached hydrogen (secondary N) is 1. The summed E-state index contributed by atoms with van der Waals surface area (Å²) in [6.07, 6.45) is 3.02. The van der Waals surface area contributed by atoms with Gasteiger partial charge in [0, 0.05) is 28.1 Å². The van der Waals surface area contributed by atoms with Crippen LogP contribution in [0, 0.1) is 0 Å². The van der Waals surface area contributed by atoms with Crippen molar-refractivity contribution in [2.75, 3.05) is 12.4 Å². The summed E-state index contributed by atoms with van der Waals surface area (Å²) < 4.78 is 7.39. The summed E-state index contributed by atoms with van der Waals surface area (Å²) in [6.45, 7) is 0. The molecule has 0 unspecified atom stereocenters. The van der Waals surface area contributed by atoms with E-state index in [1.165, 1.54) is 10.8 Å². The molecule has 1 heterocycles. The first kappa shape index (κ1) is 16.9. The summed E-state index contributed by atoms with van der Waals surface area (Å²) in [4.78, 5) is 28.9. The van der Waals surface area contributed by atoms with E-state index < -0.39 is 11.5 Å². The monoisotopic (exact) mass is 399 g/mol. The fourth-order valence-electron chi connectivity index (χ4n) is 2.22. The highest BCUT2D eigenvalue weighted by Gasteiger charge is 2.12. The number of anilines is 1. The first-order chi connectivity index (χ1) is 12.1. The van der Waals surface area contributed by atoms with E-state index in [4.69, 9.17) is 4.74 Å². The van der Waals surface area contributed by atoms with Crippen LogP contribution in [0.4, 0.5) is 5.82 Å². The SMILES string of the molecule is COc1ccc(C(=O)Nc2nccn(-c3ccc(Br)cc3)c2=O)cc1. The van der Waals surface area contributed by atoms with Crippen LogP contribution in [-0.4, -0.2) is 22.6 Å². The highest BCUT2D eigenvalue weighted by atomic mass is 79.9. The van der Waals surface area contributed by atoms with Crippen molar-refractivity contribution in [1.82, 2.24) is 9.55 Å². The summed E-state index contributed by atoms with van der Waals surface area (Å²) in [7, 11) is 1.55. The van der Waals surface area contributed by atoms with E-state index >= 15 is 0 Å². The van der Waals surface area contributed by atoms with Crippen molar-refractivity contribution >= 4 is 27.7 Å². The molecule has 0 aliphatic heterocycles. The van der Waals surface area contributed by atoms with E-state index in [0.717, 1.165) is 4.47 Å². The van der Waals surface area contributed by atoms with Crippen LogP contribution < -0.4 is 15.6 Å². The number of hydrogen-bond acceptors (Lipinski definition) is 4. The third-order valence-corrected chi connectivity index (χ3v) is 4.06. The Morgan fingerprint density at radius 1 is 1.12 bits per heavy atom. The van der Waals surface area contributed by atoms with Gasteiger partial charge in [0.2, 0.25) is 0 Å². The zero-order valence-corrected chi connectivity index (χ0v) is 14.9. The summed E-state index contributed by atoms with van der Waals surface area (Å²) in [5, 5.41) is 2.55. The predicted octanol–water partition coefficient (Wildman–Crippen LogP) is 3.26. The number of halogens is 1. The Kier molecular flexibility index (Phi) is 4.95. The van der Waals surface area contributed by atoms with Crippen molar-refractivity contribution in [1.29, 1.82) is 0 Å². The van der Waals surface area contributed by atoms with Gasteiger partial charge in [0.15, 0.2) is 5.82 Å². The van der Waals surface area contributed by atoms with Gasteiger partial charge in [-0.3, -0.25) is 14.2 Å². The highest BCUT2D eigenvalue weighted by Crippen LogP contribution is 2.14. The Balaban J connectivity index is 1.87. The van der Waals surface area contributed by atoms with Gasteiger partial charge < -0.3 is 10.1 Å². The van der Waals surface area contributed by atoms with Crippen LogP contribution in [0.2, 0.25) is 0 Å². The van der Waals surface area contributed by atoms with Gasteiger partial charge in [-0.1, -0.05) is 15.9 Å². The Morgan fingerprint density at radius 2 is 1.80 bits per heavy atom. The standard InChI is InChI=1S/C18H14BrN3O3/c1-25-15-8-2-12(3-9-15)17(23)21-16-18(24)22(11-10-20-16)14-6-4-13(19)5-7-14/h2-11H,1H3,(H,20,21,23). The number of carbonyl (C=O) groups is 1. The third-order valence-electron chi connectivity index (χ3n) is 3.53. The third kappa shape index (κ3) is 3.77. The minimum atomic E-state index is -0.416. The molecule has 3 aromatic rings. The Hall–Kier alpha value is -2.93. The van der Waals surface area contributed by atoms with Gasteiger partial charge in [0.05, 0.1) is 7.11 Å². The minimum absolute atomic E-state index is 0.0359. The maximum absolute atomic E-state index is 12.6. The number of carbonyl (C=O) groups excluding carboxylic acids is 1. The van der Waals surface area contributed by atoms with Crippen molar-refractivity contribution in [3.05, 3.63) is 81.3 Å². The van der Waals surface area contributed by atoms with E-state index in [2.05, 4.69) is 26.2 Å². The van der Waals surface area contributed by atoms with Gasteiger partial charge in [-0.2, -0.15) is 0 Å². The molecule has 2 aromatic carbocycles. The van der Waals surface area contributed by atoms with E-state index in [1.807, 2.05) is 12.1 Å². The minimum Gasteiger partial charge on any atom is -0.497 e. The molecule has 6 nitrogen and oxygen atoms in total. The zero-order valence-electron chi connectivity index (χ0n) is 13.3. The van der Waals surface area contributed by atoms with Crippen LogP contribution in [0.5, 0.6) is 5.75 Å². The van der Waals surface area contributed by atoms with Crippen LogP contribution in [-0.2, 0) is 0 Å². The first-order valence-electron chi connectivity index (χ1n) is 7.37. The number of aromatic nitrogens is 2. The average Bonchev–Trinajstić information content (AvgIpc) is 2.64. The van der Waals surface area contributed by atoms with Crippen molar-refractivity contribution in [2.45, 2.75) is 0 Å². The second kappa shape index (κ2) is 7.31. The Bertz CT molecular complexity index is 951. The Labute approximate surface area is 152 Å². The van der Waals surface area contributed by atoms with Crippen LogP contribution in [0.15, 0.2) is 70.2 Å². The number of nitrogens with zero attached hydrogens (tertiary/aromatic N) is 2. The van der Waals surface area contributed by atoms with Gasteiger partial charge in [0.1, 0.15) is 5.75 Å². The molecule has 1 aromatic heterocycles. The summed E-state index contributed by atoms with van der Waals surface area (Å²) in [5.41, 5.74) is 0.670. The second-order valence-electron chi connectivity index (χ2n) is 5.11. The molecule has 0 saturated carbocycles. The molecule has 0 radical (unpaired) electrons. The highest BCUT2D eigenvalue weighted by molar-refractivity contribution is 9.10. The Morgan fingerprint density at radius 3 is 2.44 bits per heavy atom. The molecule has 0 atom stereocenters. The lowest BCUT2D eigenvalue weighted by molar-refractivity contribution is 0.102. The number of benzene rings is 2. The molecular formula is C18H14BrN3O3. The van der Waals surface area contributed by atoms with Gasteiger partial charge in [-0.15, -0.1) is 0 Å². The number of amides is 1. The van der Waals surface area contributed by atoms with Crippen LogP contribution in [0.3, 0.4) is 0 Å². The molecular weight excluding hydrogens is 386 g/mol. The van der Waals surface area contributed by atoms with E-state index in [9.17, 15) is 9.59 Å². The molecule has 126 valence electrons. The fraction of sp³-hybridized carbons (Fsp3) is 0.0556. The fourth-order valence-corrected chi connectivity index (χ4v) is 2.49. The molecule has 1 amide bonds. The number of methoxy groups -OCH3 is 1. The number of ether oxygens (including phenoxy) is 1. The first-order valence-corrected chi connectivity index (χ1v) is 8.17. The zero-order chi connectivity index (χ0) is 17.8. The van der Waals surface area contributed by atoms with E-state index in [1.54, 1.807) is 49.7 Å². The molecule has 0 aliphatic rings. The number of rotatable bonds is 4. The van der Waals surface area contributed by atoms with Gasteiger partial charge in [0.25, 0.3) is 11.5 Å². The molecule has 0 spiro atoms. The van der Waals surface area contributed by atoms with E-state index in [0.29, 0.717) is 17.0 Å². The van der Waals surface area contributed by atoms with Crippen LogP contribution in [0.25, 0.3) is 5.69 Å². The van der Waals surface area contributed by atoms with Gasteiger partial charge in [-0.25, -0.2) is 4.98 Å². The molecule has 1 N–H and O–H groups in total. The molecule has 0 fully saturated rings. The smallest absolute Gasteiger partial charge is 0.298 e. The molecule has 25 heavy (non-hydrogen) atoms. The van der Waals surface area contributed by atoms with Gasteiger partial charge >= 0.3 is 0 Å². The lowest BCUT2D eigenvalue weighted by Crippen LogP contribution is -2.26. The quantitative estimate of drug-likeness (QED) is 0.730.